The maximum Gasteiger partial charge on any atom is 0.210 e. The smallest absolute Gasteiger partial charge is 0.210 e. The largest absolute Gasteiger partial charge is 0.295 e. The first-order chi connectivity index (χ1) is 13.2. The molecule has 1 aliphatic carbocycles. The number of Topliss-reactive ketones (excluding diaryl/α,β-unsaturated/α-hetero) is 1. The summed E-state index contributed by atoms with van der Waals surface area (Å²) in [6.45, 7) is 2.74. The first-order valence-electron chi connectivity index (χ1n) is 9.81. The van der Waals surface area contributed by atoms with E-state index in [-0.39, 0.29) is 5.78 Å². The predicted molar refractivity (Wildman–Crippen MR) is 106 cm³/mol. The van der Waals surface area contributed by atoms with Crippen molar-refractivity contribution < 1.29 is 13.9 Å². The Morgan fingerprint density at radius 3 is 1.96 bits per heavy atom. The van der Waals surface area contributed by atoms with Crippen molar-refractivity contribution in [1.29, 1.82) is 0 Å². The van der Waals surface area contributed by atoms with Crippen molar-refractivity contribution in [3.8, 4) is 16.8 Å². The van der Waals surface area contributed by atoms with E-state index in [1.54, 1.807) is 6.92 Å². The van der Waals surface area contributed by atoms with Crippen LogP contribution in [0.5, 0.6) is 0 Å². The van der Waals surface area contributed by atoms with E-state index in [1.165, 1.54) is 36.8 Å². The van der Waals surface area contributed by atoms with Crippen LogP contribution >= 0.6 is 0 Å². The number of carbonyl (C=O) groups excluding carboxylic acids is 1. The molecule has 1 aromatic carbocycles. The van der Waals surface area contributed by atoms with Crippen molar-refractivity contribution in [2.45, 2.75) is 39.2 Å². The molecule has 0 atom stereocenters. The number of pyridine rings is 2. The maximum atomic E-state index is 11.4. The van der Waals surface area contributed by atoms with Gasteiger partial charge in [0.15, 0.2) is 37.1 Å². The van der Waals surface area contributed by atoms with Gasteiger partial charge < -0.3 is 0 Å². The van der Waals surface area contributed by atoms with Gasteiger partial charge in [0, 0.05) is 47.9 Å². The van der Waals surface area contributed by atoms with Crippen molar-refractivity contribution >= 4 is 5.78 Å². The monoisotopic (exact) mass is 358 g/mol. The van der Waals surface area contributed by atoms with Gasteiger partial charge in [-0.2, -0.15) is 4.57 Å². The third-order valence-electron chi connectivity index (χ3n) is 5.57. The summed E-state index contributed by atoms with van der Waals surface area (Å²) in [4.78, 5) is 11.4. The van der Waals surface area contributed by atoms with Crippen LogP contribution in [0.4, 0.5) is 0 Å². The fourth-order valence-electron chi connectivity index (χ4n) is 3.92. The van der Waals surface area contributed by atoms with E-state index in [0.717, 1.165) is 23.7 Å². The van der Waals surface area contributed by atoms with E-state index >= 15 is 0 Å². The molecule has 0 unspecified atom stereocenters. The molecule has 0 bridgehead atoms. The van der Waals surface area contributed by atoms with Crippen LogP contribution in [0.3, 0.4) is 0 Å². The summed E-state index contributed by atoms with van der Waals surface area (Å²) in [7, 11) is 0. The molecule has 0 amide bonds. The van der Waals surface area contributed by atoms with Crippen LogP contribution in [-0.4, -0.2) is 5.78 Å². The molecule has 4 rings (SSSR count). The van der Waals surface area contributed by atoms with Gasteiger partial charge in [0.1, 0.15) is 0 Å². The molecule has 27 heavy (non-hydrogen) atoms. The maximum absolute atomic E-state index is 11.4. The summed E-state index contributed by atoms with van der Waals surface area (Å²) in [5, 5.41) is 0. The molecule has 3 nitrogen and oxygen atoms in total. The number of benzene rings is 1. The molecule has 3 heteroatoms. The second kappa shape index (κ2) is 7.83. The van der Waals surface area contributed by atoms with E-state index in [1.807, 2.05) is 24.3 Å². The Bertz CT molecular complexity index is 906. The first kappa shape index (κ1) is 17.6. The van der Waals surface area contributed by atoms with Gasteiger partial charge >= 0.3 is 0 Å². The standard InChI is InChI=1S/C24H26N2O/c1-19(27)21-6-8-24(9-7-21)26-16-12-23(13-17-26)22-10-14-25(15-11-22)18-20-4-2-3-5-20/h6-17,20H,2-5,18H2,1H3/q+2. The minimum Gasteiger partial charge on any atom is -0.295 e. The lowest BCUT2D eigenvalue weighted by Crippen LogP contribution is -2.35. The van der Waals surface area contributed by atoms with Gasteiger partial charge in [0.25, 0.3) is 0 Å². The molecule has 3 aromatic rings. The van der Waals surface area contributed by atoms with Crippen LogP contribution in [0.25, 0.3) is 16.8 Å². The van der Waals surface area contributed by atoms with Gasteiger partial charge in [-0.15, -0.1) is 0 Å². The summed E-state index contributed by atoms with van der Waals surface area (Å²) in [6, 6.07) is 16.4. The fourth-order valence-corrected chi connectivity index (χ4v) is 3.92. The lowest BCUT2D eigenvalue weighted by atomic mass is 10.1. The topological polar surface area (TPSA) is 24.8 Å². The van der Waals surface area contributed by atoms with Crippen molar-refractivity contribution in [3.05, 3.63) is 78.9 Å². The summed E-state index contributed by atoms with van der Waals surface area (Å²) in [5.74, 6) is 0.946. The van der Waals surface area contributed by atoms with Crippen LogP contribution in [0.2, 0.25) is 0 Å². The SMILES string of the molecule is CC(=O)c1ccc(-[n+]2ccc(-c3cc[n+](CC4CCCC4)cc3)cc2)cc1. The summed E-state index contributed by atoms with van der Waals surface area (Å²) < 4.78 is 4.38. The molecule has 0 radical (unpaired) electrons. The van der Waals surface area contributed by atoms with Crippen molar-refractivity contribution in [1.82, 2.24) is 0 Å². The lowest BCUT2D eigenvalue weighted by molar-refractivity contribution is -0.703. The molecule has 2 aromatic heterocycles. The third kappa shape index (κ3) is 4.13. The molecular weight excluding hydrogens is 332 g/mol. The number of rotatable bonds is 5. The zero-order valence-corrected chi connectivity index (χ0v) is 15.8. The molecule has 1 saturated carbocycles. The molecular formula is C24H26N2O+2. The Hall–Kier alpha value is -2.81. The number of carbonyl (C=O) groups is 1. The number of hydrogen-bond donors (Lipinski definition) is 0. The van der Waals surface area contributed by atoms with Gasteiger partial charge in [0.05, 0.1) is 0 Å². The van der Waals surface area contributed by atoms with Crippen molar-refractivity contribution in [3.63, 3.8) is 0 Å². The molecule has 0 spiro atoms. The highest BCUT2D eigenvalue weighted by Crippen LogP contribution is 2.24. The van der Waals surface area contributed by atoms with Crippen molar-refractivity contribution in [2.75, 3.05) is 0 Å². The number of hydrogen-bond acceptors (Lipinski definition) is 1. The molecule has 0 saturated heterocycles. The second-order valence-corrected chi connectivity index (χ2v) is 7.53. The Kier molecular flexibility index (Phi) is 5.10. The summed E-state index contributed by atoms with van der Waals surface area (Å²) in [6.07, 6.45) is 14.1. The summed E-state index contributed by atoms with van der Waals surface area (Å²) in [5.41, 5.74) is 4.23. The van der Waals surface area contributed by atoms with Crippen LogP contribution in [0, 0.1) is 5.92 Å². The quantitative estimate of drug-likeness (QED) is 0.493. The normalized spacial score (nSPS) is 14.4. The third-order valence-corrected chi connectivity index (χ3v) is 5.57. The zero-order valence-electron chi connectivity index (χ0n) is 15.8. The van der Waals surface area contributed by atoms with Gasteiger partial charge in [0.2, 0.25) is 5.69 Å². The Labute approximate surface area is 160 Å². The van der Waals surface area contributed by atoms with Crippen LogP contribution < -0.4 is 9.13 Å². The first-order valence-corrected chi connectivity index (χ1v) is 9.81. The van der Waals surface area contributed by atoms with E-state index in [2.05, 4.69) is 58.2 Å². The van der Waals surface area contributed by atoms with E-state index < -0.39 is 0 Å². The highest BCUT2D eigenvalue weighted by atomic mass is 16.1. The molecule has 1 aliphatic rings. The average Bonchev–Trinajstić information content (AvgIpc) is 3.22. The van der Waals surface area contributed by atoms with E-state index in [4.69, 9.17) is 0 Å². The molecule has 2 heterocycles. The number of ketones is 1. The highest BCUT2D eigenvalue weighted by Gasteiger charge is 2.19. The van der Waals surface area contributed by atoms with Gasteiger partial charge in [-0.05, 0) is 43.0 Å². The van der Waals surface area contributed by atoms with E-state index in [9.17, 15) is 4.79 Å². The zero-order chi connectivity index (χ0) is 18.6. The average molecular weight is 358 g/mol. The number of aromatic nitrogens is 2. The van der Waals surface area contributed by atoms with Crippen LogP contribution in [0.15, 0.2) is 73.3 Å². The minimum atomic E-state index is 0.0937. The molecule has 0 N–H and O–H groups in total. The van der Waals surface area contributed by atoms with E-state index in [0.29, 0.717) is 0 Å². The van der Waals surface area contributed by atoms with Gasteiger partial charge in [-0.25, -0.2) is 4.57 Å². The van der Waals surface area contributed by atoms with Crippen LogP contribution in [0.1, 0.15) is 43.0 Å². The summed E-state index contributed by atoms with van der Waals surface area (Å²) >= 11 is 0. The van der Waals surface area contributed by atoms with Crippen LogP contribution in [-0.2, 0) is 6.54 Å². The lowest BCUT2D eigenvalue weighted by Gasteiger charge is -2.05. The molecule has 136 valence electrons. The highest BCUT2D eigenvalue weighted by molar-refractivity contribution is 5.94. The van der Waals surface area contributed by atoms with Gasteiger partial charge in [-0.3, -0.25) is 4.79 Å². The minimum absolute atomic E-state index is 0.0937. The van der Waals surface area contributed by atoms with Gasteiger partial charge in [-0.1, -0.05) is 12.8 Å². The molecule has 0 aliphatic heterocycles. The number of nitrogens with zero attached hydrogens (tertiary/aromatic N) is 2. The Morgan fingerprint density at radius 2 is 1.41 bits per heavy atom. The van der Waals surface area contributed by atoms with Crippen molar-refractivity contribution in [2.24, 2.45) is 5.92 Å². The predicted octanol–water partition coefficient (Wildman–Crippen LogP) is 4.31. The Morgan fingerprint density at radius 1 is 0.852 bits per heavy atom. The molecule has 1 fully saturated rings. The second-order valence-electron chi connectivity index (χ2n) is 7.53. The fraction of sp³-hybridized carbons (Fsp3) is 0.292. The Balaban J connectivity index is 1.47.